The maximum Gasteiger partial charge on any atom is 0.0998 e. The number of nitriles is 1. The minimum Gasteiger partial charge on any atom is -0.332 e. The molecule has 1 aliphatic rings. The van der Waals surface area contributed by atoms with E-state index in [0.29, 0.717) is 5.56 Å². The molecule has 220 valence electrons. The van der Waals surface area contributed by atoms with E-state index in [2.05, 4.69) is 149 Å². The molecule has 0 fully saturated rings. The average Bonchev–Trinajstić information content (AvgIpc) is 3.79. The van der Waals surface area contributed by atoms with Crippen molar-refractivity contribution in [1.29, 1.82) is 5.26 Å². The van der Waals surface area contributed by atoms with Crippen molar-refractivity contribution in [1.82, 2.24) is 9.13 Å². The molecule has 9 aromatic rings. The van der Waals surface area contributed by atoms with Crippen LogP contribution in [0.4, 0.5) is 0 Å². The lowest BCUT2D eigenvalue weighted by molar-refractivity contribution is 0.649. The second-order valence-electron chi connectivity index (χ2n) is 12.3. The molecule has 6 aromatic carbocycles. The fraction of sp³-hybridized carbons (Fsp3) is 0.0465. The van der Waals surface area contributed by atoms with Crippen LogP contribution < -0.4 is 0 Å². The Morgan fingerprint density at radius 2 is 1.34 bits per heavy atom. The SMILES string of the molecule is N#Cc1cccc(-n2c3ccccc3c3ccccc32)c1-c1ccc2sc3c(ccc4c5ccccc5n(C5C=CC=CC5)c43)c2c1. The van der Waals surface area contributed by atoms with Crippen LogP contribution >= 0.6 is 11.3 Å². The van der Waals surface area contributed by atoms with Crippen molar-refractivity contribution in [3.8, 4) is 22.9 Å². The average molecular weight is 618 g/mol. The van der Waals surface area contributed by atoms with E-state index >= 15 is 0 Å². The smallest absolute Gasteiger partial charge is 0.0998 e. The number of nitrogens with zero attached hydrogens (tertiary/aromatic N) is 3. The van der Waals surface area contributed by atoms with Crippen LogP contribution in [0, 0.1) is 11.3 Å². The summed E-state index contributed by atoms with van der Waals surface area (Å²) in [6, 6.07) is 46.2. The van der Waals surface area contributed by atoms with Crippen LogP contribution in [0.3, 0.4) is 0 Å². The highest BCUT2D eigenvalue weighted by Crippen LogP contribution is 2.45. The Labute approximate surface area is 275 Å². The highest BCUT2D eigenvalue weighted by Gasteiger charge is 2.22. The molecule has 0 bridgehead atoms. The third-order valence-electron chi connectivity index (χ3n) is 9.87. The number of thiophene rings is 1. The summed E-state index contributed by atoms with van der Waals surface area (Å²) in [5.41, 5.74) is 8.53. The first-order valence-corrected chi connectivity index (χ1v) is 16.8. The van der Waals surface area contributed by atoms with Gasteiger partial charge in [0, 0.05) is 48.1 Å². The van der Waals surface area contributed by atoms with Gasteiger partial charge in [0.2, 0.25) is 0 Å². The second-order valence-corrected chi connectivity index (χ2v) is 13.4. The Morgan fingerprint density at radius 3 is 2.06 bits per heavy atom. The molecule has 3 heterocycles. The van der Waals surface area contributed by atoms with Gasteiger partial charge in [0.1, 0.15) is 0 Å². The molecule has 0 radical (unpaired) electrons. The Morgan fingerprint density at radius 1 is 0.638 bits per heavy atom. The molecule has 4 heteroatoms. The van der Waals surface area contributed by atoms with Crippen LogP contribution in [-0.2, 0) is 0 Å². The normalized spacial score (nSPS) is 14.7. The Bertz CT molecular complexity index is 2800. The Kier molecular flexibility index (Phi) is 5.64. The van der Waals surface area contributed by atoms with E-state index in [1.54, 1.807) is 0 Å². The van der Waals surface area contributed by atoms with Crippen molar-refractivity contribution in [2.45, 2.75) is 12.5 Å². The summed E-state index contributed by atoms with van der Waals surface area (Å²) >= 11 is 1.87. The molecule has 0 N–H and O–H groups in total. The van der Waals surface area contributed by atoms with Crippen molar-refractivity contribution in [2.24, 2.45) is 0 Å². The first-order chi connectivity index (χ1) is 23.3. The molecule has 1 unspecified atom stereocenters. The monoisotopic (exact) mass is 617 g/mol. The standard InChI is InChI=1S/C43H27N3S/c44-26-28-11-10-20-39(46-37-18-8-4-14-30(37)31-15-5-9-19-38(31)46)41(28)27-21-24-40-35(25-27)34-23-22-33-32-16-6-7-17-36(32)45(42(33)43(34)47-40)29-12-2-1-3-13-29/h1-12,14-25,29H,13H2. The summed E-state index contributed by atoms with van der Waals surface area (Å²) in [7, 11) is 0. The van der Waals surface area contributed by atoms with Crippen molar-refractivity contribution in [3.05, 3.63) is 151 Å². The highest BCUT2D eigenvalue weighted by molar-refractivity contribution is 7.26. The number of para-hydroxylation sites is 3. The van der Waals surface area contributed by atoms with E-state index in [9.17, 15) is 5.26 Å². The molecule has 47 heavy (non-hydrogen) atoms. The Hall–Kier alpha value is -5.89. The molecule has 3 aromatic heterocycles. The Balaban J connectivity index is 1.26. The lowest BCUT2D eigenvalue weighted by atomic mass is 9.96. The molecule has 0 saturated carbocycles. The lowest BCUT2D eigenvalue weighted by Gasteiger charge is -2.18. The summed E-state index contributed by atoms with van der Waals surface area (Å²) in [4.78, 5) is 0. The van der Waals surface area contributed by atoms with Gasteiger partial charge in [-0.2, -0.15) is 5.26 Å². The summed E-state index contributed by atoms with van der Waals surface area (Å²) in [5, 5.41) is 17.9. The van der Waals surface area contributed by atoms with Gasteiger partial charge in [0.25, 0.3) is 0 Å². The summed E-state index contributed by atoms with van der Waals surface area (Å²) in [6.45, 7) is 0. The minimum absolute atomic E-state index is 0.269. The molecule has 1 atom stereocenters. The number of allylic oxidation sites excluding steroid dienone is 4. The number of aromatic nitrogens is 2. The van der Waals surface area contributed by atoms with Crippen molar-refractivity contribution >= 4 is 75.1 Å². The first kappa shape index (κ1) is 26.3. The predicted octanol–water partition coefficient (Wildman–Crippen LogP) is 11.9. The maximum atomic E-state index is 10.4. The molecular formula is C43H27N3S. The zero-order chi connectivity index (χ0) is 31.1. The zero-order valence-corrected chi connectivity index (χ0v) is 26.2. The van der Waals surface area contributed by atoms with Crippen LogP contribution in [0.5, 0.6) is 0 Å². The number of benzene rings is 6. The van der Waals surface area contributed by atoms with E-state index in [1.807, 2.05) is 23.5 Å². The van der Waals surface area contributed by atoms with Gasteiger partial charge in [-0.3, -0.25) is 0 Å². The largest absolute Gasteiger partial charge is 0.332 e. The van der Waals surface area contributed by atoms with Crippen molar-refractivity contribution in [2.75, 3.05) is 0 Å². The van der Waals surface area contributed by atoms with Crippen LogP contribution in [0.2, 0.25) is 0 Å². The van der Waals surface area contributed by atoms with Crippen molar-refractivity contribution in [3.63, 3.8) is 0 Å². The molecule has 10 rings (SSSR count). The van der Waals surface area contributed by atoms with E-state index < -0.39 is 0 Å². The number of fused-ring (bicyclic) bond motifs is 10. The third-order valence-corrected chi connectivity index (χ3v) is 11.1. The molecular weight excluding hydrogens is 591 g/mol. The molecule has 0 spiro atoms. The predicted molar refractivity (Wildman–Crippen MR) is 199 cm³/mol. The van der Waals surface area contributed by atoms with Gasteiger partial charge in [-0.15, -0.1) is 11.3 Å². The van der Waals surface area contributed by atoms with Gasteiger partial charge in [-0.25, -0.2) is 0 Å². The van der Waals surface area contributed by atoms with E-state index in [1.165, 1.54) is 52.8 Å². The third kappa shape index (κ3) is 3.72. The topological polar surface area (TPSA) is 33.6 Å². The molecule has 1 aliphatic carbocycles. The maximum absolute atomic E-state index is 10.4. The van der Waals surface area contributed by atoms with Crippen LogP contribution in [-0.4, -0.2) is 9.13 Å². The van der Waals surface area contributed by atoms with Gasteiger partial charge in [-0.1, -0.05) is 103 Å². The molecule has 0 saturated heterocycles. The number of hydrogen-bond donors (Lipinski definition) is 0. The highest BCUT2D eigenvalue weighted by atomic mass is 32.1. The van der Waals surface area contributed by atoms with Crippen LogP contribution in [0.15, 0.2) is 146 Å². The summed E-state index contributed by atoms with van der Waals surface area (Å²) in [6.07, 6.45) is 9.89. The second kappa shape index (κ2) is 10.1. The van der Waals surface area contributed by atoms with Gasteiger partial charge < -0.3 is 9.13 Å². The van der Waals surface area contributed by atoms with Crippen LogP contribution in [0.25, 0.3) is 80.6 Å². The molecule has 3 nitrogen and oxygen atoms in total. The quantitative estimate of drug-likeness (QED) is 0.194. The fourth-order valence-electron chi connectivity index (χ4n) is 7.88. The fourth-order valence-corrected chi connectivity index (χ4v) is 9.11. The van der Waals surface area contributed by atoms with Gasteiger partial charge in [0.15, 0.2) is 0 Å². The molecule has 0 amide bonds. The minimum atomic E-state index is 0.269. The van der Waals surface area contributed by atoms with E-state index in [0.717, 1.165) is 34.3 Å². The van der Waals surface area contributed by atoms with Gasteiger partial charge >= 0.3 is 0 Å². The number of rotatable bonds is 3. The summed E-state index contributed by atoms with van der Waals surface area (Å²) in [5.74, 6) is 0. The van der Waals surface area contributed by atoms with E-state index in [4.69, 9.17) is 0 Å². The van der Waals surface area contributed by atoms with Crippen LogP contribution in [0.1, 0.15) is 18.0 Å². The van der Waals surface area contributed by atoms with Gasteiger partial charge in [-0.05, 0) is 54.4 Å². The zero-order valence-electron chi connectivity index (χ0n) is 25.4. The first-order valence-electron chi connectivity index (χ1n) is 16.0. The van der Waals surface area contributed by atoms with E-state index in [-0.39, 0.29) is 6.04 Å². The lowest BCUT2D eigenvalue weighted by Crippen LogP contribution is -2.06. The summed E-state index contributed by atoms with van der Waals surface area (Å²) < 4.78 is 7.43. The van der Waals surface area contributed by atoms with Gasteiger partial charge in [0.05, 0.1) is 44.6 Å². The number of hydrogen-bond acceptors (Lipinski definition) is 2. The molecule has 0 aliphatic heterocycles. The van der Waals surface area contributed by atoms with Crippen molar-refractivity contribution < 1.29 is 0 Å².